The van der Waals surface area contributed by atoms with Crippen LogP contribution >= 0.6 is 0 Å². The Morgan fingerprint density at radius 1 is 1.36 bits per heavy atom. The Bertz CT molecular complexity index is 327. The molecule has 0 aliphatic rings. The lowest BCUT2D eigenvalue weighted by atomic mass is 10.0. The second-order valence-electron chi connectivity index (χ2n) is 3.52. The average molecular weight is 191 g/mol. The Labute approximate surface area is 84.8 Å². The molecule has 14 heavy (non-hydrogen) atoms. The van der Waals surface area contributed by atoms with Crippen LogP contribution in [0.25, 0.3) is 0 Å². The largest absolute Gasteiger partial charge is 0.398 e. The minimum atomic E-state index is -0.0128. The summed E-state index contributed by atoms with van der Waals surface area (Å²) in [5.41, 5.74) is 11.6. The van der Waals surface area contributed by atoms with Crippen LogP contribution in [0.2, 0.25) is 0 Å². The molecule has 0 saturated heterocycles. The number of hydrogen-bond donors (Lipinski definition) is 3. The number of nitrogens with two attached hydrogens (primary N) is 2. The minimum Gasteiger partial charge on any atom is -0.398 e. The van der Waals surface area contributed by atoms with Crippen LogP contribution in [0.5, 0.6) is 0 Å². The van der Waals surface area contributed by atoms with Crippen molar-refractivity contribution in [2.75, 3.05) is 5.73 Å². The first-order chi connectivity index (χ1) is 6.65. The molecule has 1 rings (SSSR count). The summed E-state index contributed by atoms with van der Waals surface area (Å²) in [5, 5.41) is 0. The van der Waals surface area contributed by atoms with E-state index in [-0.39, 0.29) is 6.04 Å². The molecule has 5 N–H and O–H groups in total. The Kier molecular flexibility index (Phi) is 3.68. The number of hydrazine groups is 1. The zero-order valence-electron chi connectivity index (χ0n) is 8.62. The van der Waals surface area contributed by atoms with Gasteiger partial charge in [0.05, 0.1) is 6.04 Å². The minimum absolute atomic E-state index is 0.0128. The maximum Gasteiger partial charge on any atom is 0.0663 e. The molecule has 3 heteroatoms. The van der Waals surface area contributed by atoms with E-state index < -0.39 is 0 Å². The van der Waals surface area contributed by atoms with Gasteiger partial charge < -0.3 is 5.73 Å². The maximum atomic E-state index is 5.85. The molecular formula is C11H17N3. The number of allylic oxidation sites excluding steroid dienone is 1. The molecule has 0 bridgehead atoms. The van der Waals surface area contributed by atoms with E-state index in [1.165, 1.54) is 5.57 Å². The third-order valence-electron chi connectivity index (χ3n) is 2.01. The lowest BCUT2D eigenvalue weighted by Crippen LogP contribution is -2.27. The van der Waals surface area contributed by atoms with Gasteiger partial charge in [-0.15, -0.1) is 0 Å². The molecule has 0 spiro atoms. The van der Waals surface area contributed by atoms with Crippen LogP contribution in [0.3, 0.4) is 0 Å². The summed E-state index contributed by atoms with van der Waals surface area (Å²) in [7, 11) is 0. The quantitative estimate of drug-likeness (QED) is 0.295. The molecular weight excluding hydrogens is 174 g/mol. The van der Waals surface area contributed by atoms with Crippen molar-refractivity contribution in [3.63, 3.8) is 0 Å². The fourth-order valence-electron chi connectivity index (χ4n) is 1.36. The molecule has 0 radical (unpaired) electrons. The summed E-state index contributed by atoms with van der Waals surface area (Å²) in [6, 6.07) is 7.70. The molecule has 1 unspecified atom stereocenters. The number of nitrogens with one attached hydrogen (secondary N) is 1. The fraction of sp³-hybridized carbons (Fsp3) is 0.273. The average Bonchev–Trinajstić information content (AvgIpc) is 2.15. The smallest absolute Gasteiger partial charge is 0.0663 e. The summed E-state index contributed by atoms with van der Waals surface area (Å²) in [6.07, 6.45) is 2.05. The third kappa shape index (κ3) is 2.58. The van der Waals surface area contributed by atoms with Crippen LogP contribution in [0, 0.1) is 0 Å². The fourth-order valence-corrected chi connectivity index (χ4v) is 1.36. The molecule has 76 valence electrons. The first-order valence-electron chi connectivity index (χ1n) is 4.60. The van der Waals surface area contributed by atoms with Crippen molar-refractivity contribution in [1.82, 2.24) is 5.43 Å². The molecule has 0 saturated carbocycles. The highest BCUT2D eigenvalue weighted by molar-refractivity contribution is 5.49. The molecule has 1 aromatic carbocycles. The second-order valence-corrected chi connectivity index (χ2v) is 3.52. The molecule has 0 fully saturated rings. The molecule has 0 aliphatic carbocycles. The molecule has 1 aromatic rings. The number of nitrogen functional groups attached to an aromatic ring is 1. The van der Waals surface area contributed by atoms with Crippen molar-refractivity contribution in [2.45, 2.75) is 19.9 Å². The molecule has 0 aliphatic heterocycles. The van der Waals surface area contributed by atoms with Gasteiger partial charge in [-0.25, -0.2) is 5.43 Å². The lowest BCUT2D eigenvalue weighted by Gasteiger charge is -2.14. The standard InChI is InChI=1S/C11H17N3/c1-8(2)7-11(14-13)9-5-3-4-6-10(9)12/h3-7,11,14H,12-13H2,1-2H3. The van der Waals surface area contributed by atoms with Crippen molar-refractivity contribution in [1.29, 1.82) is 0 Å². The summed E-state index contributed by atoms with van der Waals surface area (Å²) in [4.78, 5) is 0. The van der Waals surface area contributed by atoms with E-state index >= 15 is 0 Å². The number of rotatable bonds is 3. The number of para-hydroxylation sites is 1. The van der Waals surface area contributed by atoms with Crippen molar-refractivity contribution >= 4 is 5.69 Å². The Hall–Kier alpha value is -1.32. The SMILES string of the molecule is CC(C)=CC(NN)c1ccccc1N. The van der Waals surface area contributed by atoms with Crippen LogP contribution < -0.4 is 17.0 Å². The predicted octanol–water partition coefficient (Wildman–Crippen LogP) is 1.74. The normalized spacial score (nSPS) is 12.2. The summed E-state index contributed by atoms with van der Waals surface area (Å²) in [6.45, 7) is 4.06. The molecule has 1 atom stereocenters. The highest BCUT2D eigenvalue weighted by Gasteiger charge is 2.08. The lowest BCUT2D eigenvalue weighted by molar-refractivity contribution is 0.653. The Balaban J connectivity index is 3.01. The van der Waals surface area contributed by atoms with Crippen LogP contribution in [-0.4, -0.2) is 0 Å². The van der Waals surface area contributed by atoms with E-state index in [4.69, 9.17) is 11.6 Å². The third-order valence-corrected chi connectivity index (χ3v) is 2.01. The molecule has 0 amide bonds. The van der Waals surface area contributed by atoms with Gasteiger partial charge in [0.15, 0.2) is 0 Å². The summed E-state index contributed by atoms with van der Waals surface area (Å²) in [5.74, 6) is 5.47. The van der Waals surface area contributed by atoms with Crippen molar-refractivity contribution in [2.24, 2.45) is 5.84 Å². The van der Waals surface area contributed by atoms with Gasteiger partial charge in [-0.05, 0) is 25.5 Å². The van der Waals surface area contributed by atoms with Gasteiger partial charge in [0, 0.05) is 5.69 Å². The van der Waals surface area contributed by atoms with Gasteiger partial charge in [-0.3, -0.25) is 5.84 Å². The second kappa shape index (κ2) is 4.79. The topological polar surface area (TPSA) is 64.1 Å². The van der Waals surface area contributed by atoms with E-state index in [0.717, 1.165) is 11.3 Å². The first kappa shape index (κ1) is 10.8. The summed E-state index contributed by atoms with van der Waals surface area (Å²) >= 11 is 0. The maximum absolute atomic E-state index is 5.85. The number of anilines is 1. The van der Waals surface area contributed by atoms with Gasteiger partial charge in [0.1, 0.15) is 0 Å². The molecule has 0 aromatic heterocycles. The van der Waals surface area contributed by atoms with Crippen molar-refractivity contribution in [3.8, 4) is 0 Å². The van der Waals surface area contributed by atoms with Crippen LogP contribution in [-0.2, 0) is 0 Å². The number of benzene rings is 1. The van der Waals surface area contributed by atoms with Crippen LogP contribution in [0.1, 0.15) is 25.5 Å². The summed E-state index contributed by atoms with van der Waals surface area (Å²) < 4.78 is 0. The van der Waals surface area contributed by atoms with E-state index in [1.54, 1.807) is 0 Å². The van der Waals surface area contributed by atoms with Crippen molar-refractivity contribution in [3.05, 3.63) is 41.5 Å². The number of hydrogen-bond acceptors (Lipinski definition) is 3. The molecule has 0 heterocycles. The zero-order valence-corrected chi connectivity index (χ0v) is 8.62. The van der Waals surface area contributed by atoms with Crippen molar-refractivity contribution < 1.29 is 0 Å². The van der Waals surface area contributed by atoms with E-state index in [1.807, 2.05) is 44.2 Å². The molecule has 3 nitrogen and oxygen atoms in total. The van der Waals surface area contributed by atoms with Crippen LogP contribution in [0.4, 0.5) is 5.69 Å². The van der Waals surface area contributed by atoms with E-state index in [9.17, 15) is 0 Å². The Morgan fingerprint density at radius 2 is 2.00 bits per heavy atom. The van der Waals surface area contributed by atoms with Gasteiger partial charge in [-0.1, -0.05) is 29.8 Å². The van der Waals surface area contributed by atoms with Gasteiger partial charge in [0.25, 0.3) is 0 Å². The van der Waals surface area contributed by atoms with Gasteiger partial charge >= 0.3 is 0 Å². The highest BCUT2D eigenvalue weighted by Crippen LogP contribution is 2.21. The van der Waals surface area contributed by atoms with E-state index in [0.29, 0.717) is 0 Å². The zero-order chi connectivity index (χ0) is 10.6. The first-order valence-corrected chi connectivity index (χ1v) is 4.60. The van der Waals surface area contributed by atoms with E-state index in [2.05, 4.69) is 5.43 Å². The highest BCUT2D eigenvalue weighted by atomic mass is 15.2. The monoisotopic (exact) mass is 191 g/mol. The Morgan fingerprint density at radius 3 is 2.50 bits per heavy atom. The van der Waals surface area contributed by atoms with Gasteiger partial charge in [0.2, 0.25) is 0 Å². The van der Waals surface area contributed by atoms with Crippen LogP contribution in [0.15, 0.2) is 35.9 Å². The predicted molar refractivity (Wildman–Crippen MR) is 60.3 cm³/mol. The van der Waals surface area contributed by atoms with Gasteiger partial charge in [-0.2, -0.15) is 0 Å².